The van der Waals surface area contributed by atoms with E-state index in [9.17, 15) is 5.11 Å². The van der Waals surface area contributed by atoms with Gasteiger partial charge in [0.25, 0.3) is 0 Å². The molecule has 0 heterocycles. The number of hydrogen-bond acceptors (Lipinski definition) is 2. The molecule has 1 saturated carbocycles. The lowest BCUT2D eigenvalue weighted by atomic mass is 9.69. The van der Waals surface area contributed by atoms with Crippen LogP contribution in [0.2, 0.25) is 0 Å². The van der Waals surface area contributed by atoms with Crippen molar-refractivity contribution in [2.45, 2.75) is 71.3 Å². The van der Waals surface area contributed by atoms with Crippen molar-refractivity contribution in [1.82, 2.24) is 0 Å². The Bertz CT molecular complexity index is 492. The largest absolute Gasteiger partial charge is 0.508 e. The summed E-state index contributed by atoms with van der Waals surface area (Å²) in [5, 5.41) is 9.95. The molecule has 2 nitrogen and oxygen atoms in total. The van der Waals surface area contributed by atoms with E-state index < -0.39 is 0 Å². The summed E-state index contributed by atoms with van der Waals surface area (Å²) in [5.41, 5.74) is 2.55. The number of ether oxygens (including phenoxy) is 1. The zero-order valence-corrected chi connectivity index (χ0v) is 14.9. The summed E-state index contributed by atoms with van der Waals surface area (Å²) in [6.45, 7) is 9.16. The molecule has 0 bridgehead atoms. The van der Waals surface area contributed by atoms with E-state index in [2.05, 4.69) is 39.8 Å². The van der Waals surface area contributed by atoms with Gasteiger partial charge in [-0.25, -0.2) is 0 Å². The number of benzene rings is 1. The maximum atomic E-state index is 9.95. The summed E-state index contributed by atoms with van der Waals surface area (Å²) in [4.78, 5) is 0. The number of phenolic OH excluding ortho intramolecular Hbond substituents is 1. The van der Waals surface area contributed by atoms with Crippen LogP contribution in [0.5, 0.6) is 5.75 Å². The average Bonchev–Trinajstić information content (AvgIpc) is 2.69. The van der Waals surface area contributed by atoms with E-state index in [1.807, 2.05) is 13.2 Å². The molecule has 1 aromatic carbocycles. The molecule has 2 unspecified atom stereocenters. The third kappa shape index (κ3) is 3.48. The molecule has 0 radical (unpaired) electrons. The number of methoxy groups -OCH3 is 1. The number of phenols is 1. The molecule has 3 atom stereocenters. The molecule has 0 saturated heterocycles. The fraction of sp³-hybridized carbons (Fsp3) is 0.700. The second kappa shape index (κ2) is 7.04. The average molecular weight is 304 g/mol. The Hall–Kier alpha value is -1.02. The first-order valence-electron chi connectivity index (χ1n) is 8.75. The van der Waals surface area contributed by atoms with Crippen molar-refractivity contribution < 1.29 is 9.84 Å². The number of aryl methyl sites for hydroxylation is 1. The normalized spacial score (nSPS) is 26.7. The number of hydrogen-bond donors (Lipinski definition) is 1. The van der Waals surface area contributed by atoms with Crippen molar-refractivity contribution >= 4 is 0 Å². The van der Waals surface area contributed by atoms with Crippen molar-refractivity contribution in [3.8, 4) is 5.75 Å². The fourth-order valence-electron chi connectivity index (χ4n) is 4.08. The number of aromatic hydroxyl groups is 1. The van der Waals surface area contributed by atoms with Crippen LogP contribution < -0.4 is 0 Å². The topological polar surface area (TPSA) is 29.5 Å². The van der Waals surface area contributed by atoms with Crippen LogP contribution in [-0.4, -0.2) is 18.3 Å². The summed E-state index contributed by atoms with van der Waals surface area (Å²) >= 11 is 0. The Balaban J connectivity index is 2.25. The van der Waals surface area contributed by atoms with Crippen LogP contribution in [0.4, 0.5) is 0 Å². The Morgan fingerprint density at radius 3 is 2.64 bits per heavy atom. The first kappa shape index (κ1) is 17.3. The molecule has 0 aliphatic heterocycles. The number of rotatable bonds is 4. The van der Waals surface area contributed by atoms with Gasteiger partial charge in [0.05, 0.1) is 6.10 Å². The standard InChI is InChI=1S/C20H32O2/c1-6-15-13-17(10-11-18(15)21)20(3,4)16-8-7-9-19(22-5)14(2)12-16/h10-11,13-14,16,19,21H,6-9,12H2,1-5H3/t14?,16-,19?/m1/s1. The van der Waals surface area contributed by atoms with E-state index in [0.29, 0.717) is 23.7 Å². The minimum atomic E-state index is 0.133. The maximum absolute atomic E-state index is 9.95. The highest BCUT2D eigenvalue weighted by molar-refractivity contribution is 5.39. The first-order chi connectivity index (χ1) is 10.4. The molecule has 22 heavy (non-hydrogen) atoms. The molecule has 124 valence electrons. The molecule has 2 rings (SSSR count). The van der Waals surface area contributed by atoms with Crippen molar-refractivity contribution in [2.75, 3.05) is 7.11 Å². The van der Waals surface area contributed by atoms with Crippen LogP contribution >= 0.6 is 0 Å². The van der Waals surface area contributed by atoms with Crippen molar-refractivity contribution in [3.05, 3.63) is 29.3 Å². The summed E-state index contributed by atoms with van der Waals surface area (Å²) in [7, 11) is 1.85. The molecule has 0 aromatic heterocycles. The minimum Gasteiger partial charge on any atom is -0.508 e. The van der Waals surface area contributed by atoms with E-state index in [0.717, 1.165) is 12.0 Å². The third-order valence-corrected chi connectivity index (χ3v) is 5.86. The molecule has 0 amide bonds. The second-order valence-corrected chi connectivity index (χ2v) is 7.53. The van der Waals surface area contributed by atoms with Gasteiger partial charge in [0.15, 0.2) is 0 Å². The lowest BCUT2D eigenvalue weighted by Crippen LogP contribution is -2.31. The van der Waals surface area contributed by atoms with Gasteiger partial charge in [-0.3, -0.25) is 0 Å². The van der Waals surface area contributed by atoms with Gasteiger partial charge in [0.2, 0.25) is 0 Å². The summed E-state index contributed by atoms with van der Waals surface area (Å²) in [6, 6.07) is 6.19. The van der Waals surface area contributed by atoms with Crippen molar-refractivity contribution in [3.63, 3.8) is 0 Å². The predicted octanol–water partition coefficient (Wildman–Crippen LogP) is 5.07. The van der Waals surface area contributed by atoms with Crippen LogP contribution in [0.1, 0.15) is 64.5 Å². The second-order valence-electron chi connectivity index (χ2n) is 7.53. The Morgan fingerprint density at radius 1 is 1.27 bits per heavy atom. The molecule has 1 aromatic rings. The Morgan fingerprint density at radius 2 is 2.00 bits per heavy atom. The van der Waals surface area contributed by atoms with Gasteiger partial charge in [0, 0.05) is 7.11 Å². The monoisotopic (exact) mass is 304 g/mol. The molecular weight excluding hydrogens is 272 g/mol. The van der Waals surface area contributed by atoms with Crippen LogP contribution in [0.3, 0.4) is 0 Å². The van der Waals surface area contributed by atoms with Crippen LogP contribution in [0.25, 0.3) is 0 Å². The van der Waals surface area contributed by atoms with Gasteiger partial charge in [-0.05, 0) is 60.1 Å². The highest BCUT2D eigenvalue weighted by Crippen LogP contribution is 2.42. The predicted molar refractivity (Wildman–Crippen MR) is 92.4 cm³/mol. The van der Waals surface area contributed by atoms with Gasteiger partial charge in [0.1, 0.15) is 5.75 Å². The van der Waals surface area contributed by atoms with Gasteiger partial charge >= 0.3 is 0 Å². The van der Waals surface area contributed by atoms with Gasteiger partial charge in [-0.2, -0.15) is 0 Å². The van der Waals surface area contributed by atoms with Crippen LogP contribution in [0.15, 0.2) is 18.2 Å². The SMILES string of the molecule is CCc1cc(C(C)(C)[C@@H]2CCCC(OC)C(C)C2)ccc1O. The lowest BCUT2D eigenvalue weighted by molar-refractivity contribution is 0.0489. The maximum Gasteiger partial charge on any atom is 0.118 e. The molecule has 0 spiro atoms. The van der Waals surface area contributed by atoms with Gasteiger partial charge < -0.3 is 9.84 Å². The van der Waals surface area contributed by atoms with E-state index in [1.54, 1.807) is 0 Å². The van der Waals surface area contributed by atoms with Crippen molar-refractivity contribution in [2.24, 2.45) is 11.8 Å². The smallest absolute Gasteiger partial charge is 0.118 e. The lowest BCUT2D eigenvalue weighted by Gasteiger charge is -2.36. The minimum absolute atomic E-state index is 0.133. The first-order valence-corrected chi connectivity index (χ1v) is 8.75. The zero-order chi connectivity index (χ0) is 16.3. The molecule has 2 heteroatoms. The summed E-state index contributed by atoms with van der Waals surface area (Å²) < 4.78 is 5.67. The van der Waals surface area contributed by atoms with Crippen molar-refractivity contribution in [1.29, 1.82) is 0 Å². The molecule has 1 fully saturated rings. The molecule has 1 N–H and O–H groups in total. The zero-order valence-electron chi connectivity index (χ0n) is 14.9. The van der Waals surface area contributed by atoms with Gasteiger partial charge in [-0.1, -0.05) is 46.2 Å². The van der Waals surface area contributed by atoms with Crippen LogP contribution in [-0.2, 0) is 16.6 Å². The summed E-state index contributed by atoms with van der Waals surface area (Å²) in [6.07, 6.45) is 6.19. The fourth-order valence-corrected chi connectivity index (χ4v) is 4.08. The van der Waals surface area contributed by atoms with E-state index in [1.165, 1.54) is 31.2 Å². The highest BCUT2D eigenvalue weighted by Gasteiger charge is 2.36. The van der Waals surface area contributed by atoms with Crippen LogP contribution in [0, 0.1) is 11.8 Å². The van der Waals surface area contributed by atoms with E-state index in [4.69, 9.17) is 4.74 Å². The third-order valence-electron chi connectivity index (χ3n) is 5.86. The summed E-state index contributed by atoms with van der Waals surface area (Å²) in [5.74, 6) is 1.70. The van der Waals surface area contributed by atoms with E-state index in [-0.39, 0.29) is 5.41 Å². The molecule has 1 aliphatic carbocycles. The quantitative estimate of drug-likeness (QED) is 0.787. The van der Waals surface area contributed by atoms with E-state index >= 15 is 0 Å². The highest BCUT2D eigenvalue weighted by atomic mass is 16.5. The molecule has 1 aliphatic rings. The molecular formula is C20H32O2. The Labute approximate surface area is 135 Å². The van der Waals surface area contributed by atoms with Gasteiger partial charge in [-0.15, -0.1) is 0 Å². The Kier molecular flexibility index (Phi) is 5.55.